The first-order valence-corrected chi connectivity index (χ1v) is 13.2. The molecular formula is C26H41N3O8. The molecule has 1 heterocycles. The van der Waals surface area contributed by atoms with E-state index in [4.69, 9.17) is 18.9 Å². The van der Waals surface area contributed by atoms with Crippen molar-refractivity contribution >= 4 is 23.8 Å². The van der Waals surface area contributed by atoms with E-state index in [2.05, 4.69) is 22.8 Å². The van der Waals surface area contributed by atoms with Crippen LogP contribution in [0.15, 0.2) is 24.3 Å². The van der Waals surface area contributed by atoms with Crippen LogP contribution in [0.2, 0.25) is 0 Å². The molecule has 11 heteroatoms. The van der Waals surface area contributed by atoms with Crippen molar-refractivity contribution < 1.29 is 38.1 Å². The lowest BCUT2D eigenvalue weighted by Crippen LogP contribution is -2.35. The van der Waals surface area contributed by atoms with Gasteiger partial charge in [-0.1, -0.05) is 12.2 Å². The number of alkyl carbamates (subject to hydrolysis) is 1. The van der Waals surface area contributed by atoms with Gasteiger partial charge < -0.3 is 29.6 Å². The van der Waals surface area contributed by atoms with E-state index in [9.17, 15) is 19.2 Å². The molecule has 0 spiro atoms. The Morgan fingerprint density at radius 2 is 1.41 bits per heavy atom. The fourth-order valence-electron chi connectivity index (χ4n) is 3.70. The van der Waals surface area contributed by atoms with Crippen LogP contribution in [-0.2, 0) is 33.3 Å². The van der Waals surface area contributed by atoms with Crippen LogP contribution in [0.4, 0.5) is 4.79 Å². The first-order valence-electron chi connectivity index (χ1n) is 13.2. The van der Waals surface area contributed by atoms with Crippen molar-refractivity contribution in [2.75, 3.05) is 59.3 Å². The zero-order valence-electron chi connectivity index (χ0n) is 21.6. The van der Waals surface area contributed by atoms with E-state index in [1.165, 1.54) is 12.2 Å². The van der Waals surface area contributed by atoms with Crippen LogP contribution in [0, 0.1) is 0 Å². The Balaban J connectivity index is 1.28. The molecule has 2 N–H and O–H groups in total. The Kier molecular flexibility index (Phi) is 15.9. The average Bonchev–Trinajstić information content (AvgIpc) is 3.18. The Morgan fingerprint density at radius 3 is 2.08 bits per heavy atom. The molecule has 0 bridgehead atoms. The molecule has 4 amide bonds. The number of carbonyl (C=O) groups is 4. The fraction of sp³-hybridized carbons (Fsp3) is 0.692. The zero-order valence-corrected chi connectivity index (χ0v) is 21.6. The highest BCUT2D eigenvalue weighted by molar-refractivity contribution is 6.13. The molecule has 208 valence electrons. The minimum atomic E-state index is -0.385. The van der Waals surface area contributed by atoms with Gasteiger partial charge in [-0.05, 0) is 44.9 Å². The molecule has 1 unspecified atom stereocenters. The summed E-state index contributed by atoms with van der Waals surface area (Å²) in [7, 11) is 0. The fourth-order valence-corrected chi connectivity index (χ4v) is 3.70. The first kappa shape index (κ1) is 30.5. The highest BCUT2D eigenvalue weighted by Gasteiger charge is 2.23. The molecule has 1 aliphatic heterocycles. The van der Waals surface area contributed by atoms with Crippen molar-refractivity contribution in [3.05, 3.63) is 24.3 Å². The van der Waals surface area contributed by atoms with Crippen molar-refractivity contribution in [3.8, 4) is 0 Å². The van der Waals surface area contributed by atoms with E-state index < -0.39 is 0 Å². The van der Waals surface area contributed by atoms with Crippen molar-refractivity contribution in [2.45, 2.75) is 57.5 Å². The maximum Gasteiger partial charge on any atom is 0.407 e. The predicted octanol–water partition coefficient (Wildman–Crippen LogP) is 1.86. The molecule has 0 aromatic carbocycles. The third kappa shape index (κ3) is 14.5. The molecule has 11 nitrogen and oxygen atoms in total. The van der Waals surface area contributed by atoms with E-state index in [0.29, 0.717) is 65.6 Å². The smallest absolute Gasteiger partial charge is 0.407 e. The first-order chi connectivity index (χ1) is 18.1. The van der Waals surface area contributed by atoms with Gasteiger partial charge in [0.1, 0.15) is 6.10 Å². The molecule has 1 atom stereocenters. The molecule has 0 aromatic rings. The van der Waals surface area contributed by atoms with E-state index in [0.717, 1.165) is 37.0 Å². The van der Waals surface area contributed by atoms with Gasteiger partial charge >= 0.3 is 6.09 Å². The number of carbonyl (C=O) groups excluding carboxylic acids is 4. The van der Waals surface area contributed by atoms with Crippen molar-refractivity contribution in [1.82, 2.24) is 15.5 Å². The second kappa shape index (κ2) is 19.4. The van der Waals surface area contributed by atoms with Crippen LogP contribution in [0.25, 0.3) is 0 Å². The number of rotatable bonds is 18. The maximum atomic E-state index is 11.9. The number of ether oxygens (including phenoxy) is 4. The lowest BCUT2D eigenvalue weighted by atomic mass is 10.0. The summed E-state index contributed by atoms with van der Waals surface area (Å²) in [6.07, 6.45) is 12.7. The predicted molar refractivity (Wildman–Crippen MR) is 136 cm³/mol. The van der Waals surface area contributed by atoms with Gasteiger partial charge in [-0.3, -0.25) is 19.3 Å². The van der Waals surface area contributed by atoms with Crippen LogP contribution in [-0.4, -0.2) is 94.1 Å². The molecule has 0 radical (unpaired) electrons. The van der Waals surface area contributed by atoms with Gasteiger partial charge in [0.05, 0.1) is 26.4 Å². The number of amides is 4. The summed E-state index contributed by atoms with van der Waals surface area (Å²) >= 11 is 0. The third-order valence-corrected chi connectivity index (χ3v) is 5.72. The summed E-state index contributed by atoms with van der Waals surface area (Å²) in [5.41, 5.74) is 0. The topological polar surface area (TPSA) is 132 Å². The lowest BCUT2D eigenvalue weighted by Gasteiger charge is -2.18. The molecule has 0 aromatic heterocycles. The summed E-state index contributed by atoms with van der Waals surface area (Å²) in [5, 5.41) is 5.51. The SMILES string of the molecule is O=C(CCN1C(=O)C=CC1=O)NCCCOCCOCCOCCCNC(=O)OC1CCC=CCCC1. The number of imide groups is 1. The Morgan fingerprint density at radius 1 is 0.811 bits per heavy atom. The number of nitrogens with one attached hydrogen (secondary N) is 2. The van der Waals surface area contributed by atoms with Crippen molar-refractivity contribution in [2.24, 2.45) is 0 Å². The Bertz CT molecular complexity index is 753. The summed E-state index contributed by atoms with van der Waals surface area (Å²) < 4.78 is 21.9. The van der Waals surface area contributed by atoms with Crippen LogP contribution in [0.1, 0.15) is 51.4 Å². The summed E-state index contributed by atoms with van der Waals surface area (Å²) in [6, 6.07) is 0. The second-order valence-corrected chi connectivity index (χ2v) is 8.74. The molecule has 37 heavy (non-hydrogen) atoms. The normalized spacial score (nSPS) is 17.5. The van der Waals surface area contributed by atoms with E-state index in [1.54, 1.807) is 0 Å². The highest BCUT2D eigenvalue weighted by atomic mass is 16.6. The quantitative estimate of drug-likeness (QED) is 0.158. The van der Waals surface area contributed by atoms with Gasteiger partial charge in [0.15, 0.2) is 0 Å². The van der Waals surface area contributed by atoms with Crippen molar-refractivity contribution in [1.29, 1.82) is 0 Å². The lowest BCUT2D eigenvalue weighted by molar-refractivity contribution is -0.137. The Labute approximate surface area is 218 Å². The average molecular weight is 524 g/mol. The zero-order chi connectivity index (χ0) is 26.6. The summed E-state index contributed by atoms with van der Waals surface area (Å²) in [6.45, 7) is 3.89. The standard InChI is InChI=1S/C26H41N3O8/c30-23(12-15-29-24(31)10-11-25(29)32)27-13-6-16-34-18-20-36-21-19-35-17-7-14-28-26(33)37-22-8-4-2-1-3-5-9-22/h1-2,10-11,22H,3-9,12-21H2,(H,27,30)(H,28,33). The van der Waals surface area contributed by atoms with E-state index in [-0.39, 0.29) is 42.9 Å². The van der Waals surface area contributed by atoms with Gasteiger partial charge in [-0.15, -0.1) is 0 Å². The monoisotopic (exact) mass is 523 g/mol. The van der Waals surface area contributed by atoms with Crippen LogP contribution >= 0.6 is 0 Å². The van der Waals surface area contributed by atoms with Gasteiger partial charge in [-0.25, -0.2) is 4.79 Å². The molecule has 0 saturated carbocycles. The Hall–Kier alpha value is -2.76. The summed E-state index contributed by atoms with van der Waals surface area (Å²) in [4.78, 5) is 47.5. The van der Waals surface area contributed by atoms with Gasteiger partial charge in [-0.2, -0.15) is 0 Å². The third-order valence-electron chi connectivity index (χ3n) is 5.72. The van der Waals surface area contributed by atoms with E-state index >= 15 is 0 Å². The van der Waals surface area contributed by atoms with Crippen molar-refractivity contribution in [3.63, 3.8) is 0 Å². The number of allylic oxidation sites excluding steroid dienone is 2. The second-order valence-electron chi connectivity index (χ2n) is 8.74. The maximum absolute atomic E-state index is 11.9. The number of hydrogen-bond acceptors (Lipinski definition) is 8. The molecule has 0 saturated heterocycles. The number of nitrogens with zero attached hydrogens (tertiary/aromatic N) is 1. The minimum absolute atomic E-state index is 0.00104. The van der Waals surface area contributed by atoms with Crippen LogP contribution in [0.5, 0.6) is 0 Å². The van der Waals surface area contributed by atoms with E-state index in [1.807, 2.05) is 0 Å². The van der Waals surface area contributed by atoms with Crippen LogP contribution < -0.4 is 10.6 Å². The molecular weight excluding hydrogens is 482 g/mol. The largest absolute Gasteiger partial charge is 0.446 e. The van der Waals surface area contributed by atoms with Crippen LogP contribution in [0.3, 0.4) is 0 Å². The number of hydrogen-bond donors (Lipinski definition) is 2. The van der Waals surface area contributed by atoms with Gasteiger partial charge in [0.25, 0.3) is 11.8 Å². The molecule has 2 aliphatic rings. The minimum Gasteiger partial charge on any atom is -0.446 e. The summed E-state index contributed by atoms with van der Waals surface area (Å²) in [5.74, 6) is -0.982. The highest BCUT2D eigenvalue weighted by Crippen LogP contribution is 2.15. The van der Waals surface area contributed by atoms with Gasteiger partial charge in [0, 0.05) is 51.4 Å². The van der Waals surface area contributed by atoms with Gasteiger partial charge in [0.2, 0.25) is 5.91 Å². The molecule has 2 rings (SSSR count). The molecule has 1 aliphatic carbocycles. The molecule has 0 fully saturated rings.